The minimum absolute atomic E-state index is 0.147. The van der Waals surface area contributed by atoms with Crippen molar-refractivity contribution in [3.63, 3.8) is 0 Å². The van der Waals surface area contributed by atoms with Gasteiger partial charge in [-0.15, -0.1) is 0 Å². The summed E-state index contributed by atoms with van der Waals surface area (Å²) in [5.74, 6) is 1.31. The molecule has 0 amide bonds. The highest BCUT2D eigenvalue weighted by molar-refractivity contribution is 5.78. The molecule has 0 unspecified atom stereocenters. The van der Waals surface area contributed by atoms with Gasteiger partial charge >= 0.3 is 0 Å². The Labute approximate surface area is 209 Å². The molecule has 2 aromatic carbocycles. The number of aromatic nitrogens is 4. The zero-order valence-corrected chi connectivity index (χ0v) is 20.6. The highest BCUT2D eigenvalue weighted by Gasteiger charge is 2.17. The fraction of sp³-hybridized carbons (Fsp3) is 0.370. The Morgan fingerprint density at radius 3 is 2.75 bits per heavy atom. The highest BCUT2D eigenvalue weighted by atomic mass is 19.1. The molecule has 8 nitrogen and oxygen atoms in total. The molecular formula is C27H31FN6O2. The first-order valence-electron chi connectivity index (χ1n) is 12.4. The van der Waals surface area contributed by atoms with Gasteiger partial charge in [-0.1, -0.05) is 19.1 Å². The van der Waals surface area contributed by atoms with E-state index < -0.39 is 5.82 Å². The average molecular weight is 491 g/mol. The maximum absolute atomic E-state index is 14.8. The summed E-state index contributed by atoms with van der Waals surface area (Å²) in [5.41, 5.74) is 3.44. The van der Waals surface area contributed by atoms with E-state index >= 15 is 0 Å². The number of aryl methyl sites for hydroxylation is 2. The highest BCUT2D eigenvalue weighted by Crippen LogP contribution is 2.26. The van der Waals surface area contributed by atoms with Crippen LogP contribution >= 0.6 is 0 Å². The van der Waals surface area contributed by atoms with Crippen LogP contribution < -0.4 is 10.1 Å². The van der Waals surface area contributed by atoms with Gasteiger partial charge in [0.05, 0.1) is 23.3 Å². The quantitative estimate of drug-likeness (QED) is 0.378. The number of likely N-dealkylation sites (tertiary alicyclic amines) is 1. The largest absolute Gasteiger partial charge is 0.492 e. The van der Waals surface area contributed by atoms with Crippen LogP contribution in [0.4, 0.5) is 16.0 Å². The van der Waals surface area contributed by atoms with Crippen LogP contribution in [0.3, 0.4) is 0 Å². The normalized spacial score (nSPS) is 14.9. The molecule has 0 spiro atoms. The number of imidazole rings is 1. The van der Waals surface area contributed by atoms with Crippen LogP contribution in [0.2, 0.25) is 0 Å². The number of benzene rings is 2. The van der Waals surface area contributed by atoms with Crippen LogP contribution in [-0.4, -0.2) is 61.9 Å². The molecular weight excluding hydrogens is 459 g/mol. The van der Waals surface area contributed by atoms with E-state index in [1.165, 1.54) is 6.20 Å². The molecule has 9 heteroatoms. The SMILES string of the molecule is CCc1cc(Nc2ncc(F)c(-n3c(C)nc4ccccc43)n2)cc(OCCN2CCC(O)CC2)c1. The Balaban J connectivity index is 1.34. The zero-order valence-electron chi connectivity index (χ0n) is 20.6. The first-order chi connectivity index (χ1) is 17.5. The van der Waals surface area contributed by atoms with Crippen molar-refractivity contribution >= 4 is 22.7 Å². The van der Waals surface area contributed by atoms with E-state index in [9.17, 15) is 9.50 Å². The Morgan fingerprint density at radius 2 is 1.94 bits per heavy atom. The number of hydrogen-bond donors (Lipinski definition) is 2. The molecule has 1 aliphatic heterocycles. The fourth-order valence-corrected chi connectivity index (χ4v) is 4.57. The molecule has 1 saturated heterocycles. The molecule has 1 fully saturated rings. The molecule has 4 aromatic rings. The summed E-state index contributed by atoms with van der Waals surface area (Å²) in [5, 5.41) is 12.9. The number of para-hydroxylation sites is 2. The number of aliphatic hydroxyl groups is 1. The molecule has 2 N–H and O–H groups in total. The van der Waals surface area contributed by atoms with Gasteiger partial charge in [0.1, 0.15) is 18.2 Å². The van der Waals surface area contributed by atoms with Gasteiger partial charge in [0.2, 0.25) is 5.95 Å². The van der Waals surface area contributed by atoms with Gasteiger partial charge in [-0.2, -0.15) is 4.98 Å². The molecule has 1 aliphatic rings. The summed E-state index contributed by atoms with van der Waals surface area (Å²) in [7, 11) is 0. The van der Waals surface area contributed by atoms with E-state index in [1.807, 2.05) is 49.4 Å². The lowest BCUT2D eigenvalue weighted by Gasteiger charge is -2.29. The summed E-state index contributed by atoms with van der Waals surface area (Å²) in [6.07, 6.45) is 3.46. The minimum Gasteiger partial charge on any atom is -0.492 e. The van der Waals surface area contributed by atoms with E-state index in [0.29, 0.717) is 12.4 Å². The summed E-state index contributed by atoms with van der Waals surface area (Å²) in [6.45, 7) is 7.07. The molecule has 0 bridgehead atoms. The van der Waals surface area contributed by atoms with E-state index in [2.05, 4.69) is 32.1 Å². The molecule has 36 heavy (non-hydrogen) atoms. The van der Waals surface area contributed by atoms with E-state index in [0.717, 1.165) is 66.9 Å². The summed E-state index contributed by atoms with van der Waals surface area (Å²) in [4.78, 5) is 15.5. The maximum atomic E-state index is 14.8. The van der Waals surface area contributed by atoms with Crippen molar-refractivity contribution in [1.82, 2.24) is 24.4 Å². The number of rotatable bonds is 8. The smallest absolute Gasteiger partial charge is 0.229 e. The molecule has 2 aromatic heterocycles. The number of halogens is 1. The molecule has 0 aliphatic carbocycles. The first-order valence-corrected chi connectivity index (χ1v) is 12.4. The summed E-state index contributed by atoms with van der Waals surface area (Å²) < 4.78 is 22.6. The zero-order chi connectivity index (χ0) is 25.1. The number of ether oxygens (including phenoxy) is 1. The van der Waals surface area contributed by atoms with Crippen LogP contribution in [0.5, 0.6) is 5.75 Å². The van der Waals surface area contributed by atoms with E-state index in [-0.39, 0.29) is 17.9 Å². The van der Waals surface area contributed by atoms with Gasteiger partial charge in [0, 0.05) is 31.4 Å². The second-order valence-corrected chi connectivity index (χ2v) is 9.11. The first kappa shape index (κ1) is 24.1. The fourth-order valence-electron chi connectivity index (χ4n) is 4.57. The van der Waals surface area contributed by atoms with Gasteiger partial charge < -0.3 is 15.2 Å². The van der Waals surface area contributed by atoms with Crippen molar-refractivity contribution in [1.29, 1.82) is 0 Å². The van der Waals surface area contributed by atoms with Gasteiger partial charge in [0.15, 0.2) is 11.6 Å². The lowest BCUT2D eigenvalue weighted by atomic mass is 10.1. The molecule has 3 heterocycles. The Kier molecular flexibility index (Phi) is 7.11. The van der Waals surface area contributed by atoms with Crippen LogP contribution in [-0.2, 0) is 6.42 Å². The monoisotopic (exact) mass is 490 g/mol. The number of fused-ring (bicyclic) bond motifs is 1. The van der Waals surface area contributed by atoms with E-state index in [4.69, 9.17) is 4.74 Å². The molecule has 0 atom stereocenters. The van der Waals surface area contributed by atoms with Crippen molar-refractivity contribution in [2.75, 3.05) is 31.6 Å². The van der Waals surface area contributed by atoms with Crippen molar-refractivity contribution in [3.8, 4) is 11.6 Å². The maximum Gasteiger partial charge on any atom is 0.229 e. The second kappa shape index (κ2) is 10.6. The summed E-state index contributed by atoms with van der Waals surface area (Å²) in [6, 6.07) is 13.5. The minimum atomic E-state index is -0.525. The number of nitrogens with zero attached hydrogens (tertiary/aromatic N) is 5. The third-order valence-electron chi connectivity index (χ3n) is 6.53. The second-order valence-electron chi connectivity index (χ2n) is 9.11. The van der Waals surface area contributed by atoms with Crippen LogP contribution in [0.15, 0.2) is 48.7 Å². The molecule has 0 saturated carbocycles. The Bertz CT molecular complexity index is 1350. The number of nitrogens with one attached hydrogen (secondary N) is 1. The van der Waals surface area contributed by atoms with Gasteiger partial charge in [-0.05, 0) is 56.0 Å². The van der Waals surface area contributed by atoms with Crippen molar-refractivity contribution < 1.29 is 14.2 Å². The number of anilines is 2. The Morgan fingerprint density at radius 1 is 1.14 bits per heavy atom. The lowest BCUT2D eigenvalue weighted by Crippen LogP contribution is -2.38. The number of aliphatic hydroxyl groups excluding tert-OH is 1. The third-order valence-corrected chi connectivity index (χ3v) is 6.53. The summed E-state index contributed by atoms with van der Waals surface area (Å²) >= 11 is 0. The van der Waals surface area contributed by atoms with Crippen molar-refractivity contribution in [2.45, 2.75) is 39.2 Å². The molecule has 188 valence electrons. The molecule has 5 rings (SSSR count). The predicted octanol–water partition coefficient (Wildman–Crippen LogP) is 4.40. The predicted molar refractivity (Wildman–Crippen MR) is 138 cm³/mol. The van der Waals surface area contributed by atoms with Crippen LogP contribution in [0.25, 0.3) is 16.9 Å². The van der Waals surface area contributed by atoms with Gasteiger partial charge in [-0.25, -0.2) is 14.4 Å². The van der Waals surface area contributed by atoms with Crippen LogP contribution in [0, 0.1) is 12.7 Å². The van der Waals surface area contributed by atoms with Gasteiger partial charge in [0.25, 0.3) is 0 Å². The average Bonchev–Trinajstić information content (AvgIpc) is 3.21. The topological polar surface area (TPSA) is 88.3 Å². The van der Waals surface area contributed by atoms with Crippen LogP contribution in [0.1, 0.15) is 31.2 Å². The van der Waals surface area contributed by atoms with Crippen molar-refractivity contribution in [3.05, 3.63) is 65.9 Å². The van der Waals surface area contributed by atoms with E-state index in [1.54, 1.807) is 4.57 Å². The van der Waals surface area contributed by atoms with Gasteiger partial charge in [-0.3, -0.25) is 9.47 Å². The van der Waals surface area contributed by atoms with Crippen molar-refractivity contribution in [2.24, 2.45) is 0 Å². The molecule has 0 radical (unpaired) electrons. The number of hydrogen-bond acceptors (Lipinski definition) is 7. The number of piperidine rings is 1. The Hall–Kier alpha value is -3.56. The standard InChI is InChI=1S/C27H31FN6O2/c1-3-19-14-20(16-22(15-19)36-13-12-33-10-8-21(35)9-11-33)31-27-29-17-23(28)26(32-27)34-18(2)30-24-6-4-5-7-25(24)34/h4-7,14-17,21,35H,3,8-13H2,1-2H3,(H,29,31,32). The third kappa shape index (κ3) is 5.32. The lowest BCUT2D eigenvalue weighted by molar-refractivity contribution is 0.0755.